The maximum absolute atomic E-state index is 13.4. The molecule has 0 fully saturated rings. The van der Waals surface area contributed by atoms with Crippen molar-refractivity contribution in [1.82, 2.24) is 9.78 Å². The van der Waals surface area contributed by atoms with Crippen molar-refractivity contribution < 1.29 is 22.3 Å². The van der Waals surface area contributed by atoms with E-state index in [1.54, 1.807) is 17.9 Å². The van der Waals surface area contributed by atoms with Gasteiger partial charge in [0.15, 0.2) is 5.75 Å². The van der Waals surface area contributed by atoms with E-state index in [4.69, 9.17) is 21.5 Å². The minimum atomic E-state index is -4.08. The summed E-state index contributed by atoms with van der Waals surface area (Å²) >= 11 is 5.97. The van der Waals surface area contributed by atoms with Crippen LogP contribution in [0.1, 0.15) is 11.1 Å². The summed E-state index contributed by atoms with van der Waals surface area (Å²) in [6.45, 7) is -0.0649. The van der Waals surface area contributed by atoms with Gasteiger partial charge in [0, 0.05) is 23.3 Å². The van der Waals surface area contributed by atoms with Crippen LogP contribution in [-0.2, 0) is 34.9 Å². The number of aryl methyl sites for hydroxylation is 1. The normalized spacial score (nSPS) is 11.3. The van der Waals surface area contributed by atoms with Gasteiger partial charge in [0.1, 0.15) is 12.4 Å². The lowest BCUT2D eigenvalue weighted by molar-refractivity contribution is -0.115. The zero-order valence-corrected chi connectivity index (χ0v) is 17.4. The Morgan fingerprint density at radius 3 is 2.70 bits per heavy atom. The smallest absolute Gasteiger partial charge is 0.238 e. The average Bonchev–Trinajstić information content (AvgIpc) is 3.08. The molecule has 3 rings (SSSR count). The van der Waals surface area contributed by atoms with Gasteiger partial charge in [-0.3, -0.25) is 9.48 Å². The van der Waals surface area contributed by atoms with Gasteiger partial charge in [0.05, 0.1) is 23.7 Å². The Morgan fingerprint density at radius 2 is 2.03 bits per heavy atom. The summed E-state index contributed by atoms with van der Waals surface area (Å²) in [7, 11) is -2.37. The van der Waals surface area contributed by atoms with Crippen LogP contribution in [0.2, 0.25) is 5.02 Å². The van der Waals surface area contributed by atoms with E-state index in [-0.39, 0.29) is 28.6 Å². The summed E-state index contributed by atoms with van der Waals surface area (Å²) in [5.74, 6) is -0.555. The van der Waals surface area contributed by atoms with Gasteiger partial charge in [-0.25, -0.2) is 17.9 Å². The molecule has 3 aromatic rings. The summed E-state index contributed by atoms with van der Waals surface area (Å²) in [5, 5.41) is 12.1. The number of carbonyl (C=O) groups excluding carboxylic acids is 1. The van der Waals surface area contributed by atoms with Crippen LogP contribution in [-0.4, -0.2) is 24.1 Å². The van der Waals surface area contributed by atoms with Crippen LogP contribution in [0.15, 0.2) is 53.7 Å². The number of primary sulfonamides is 1. The minimum Gasteiger partial charge on any atom is -0.486 e. The van der Waals surface area contributed by atoms with E-state index in [2.05, 4.69) is 10.4 Å². The lowest BCUT2D eigenvalue weighted by Crippen LogP contribution is -2.18. The molecule has 0 atom stereocenters. The van der Waals surface area contributed by atoms with Gasteiger partial charge in [0.2, 0.25) is 15.9 Å². The zero-order chi connectivity index (χ0) is 21.9. The number of carbonyl (C=O) groups is 1. The Balaban J connectivity index is 1.77. The van der Waals surface area contributed by atoms with E-state index in [1.165, 1.54) is 36.5 Å². The second kappa shape index (κ2) is 8.82. The van der Waals surface area contributed by atoms with Crippen LogP contribution >= 0.6 is 11.6 Å². The second-order valence-corrected chi connectivity index (χ2v) is 8.40. The fourth-order valence-electron chi connectivity index (χ4n) is 2.71. The van der Waals surface area contributed by atoms with E-state index in [9.17, 15) is 17.6 Å². The van der Waals surface area contributed by atoms with Gasteiger partial charge in [0.25, 0.3) is 0 Å². The van der Waals surface area contributed by atoms with Crippen molar-refractivity contribution in [2.45, 2.75) is 17.9 Å². The minimum absolute atomic E-state index is 0.0649. The number of halogens is 2. The van der Waals surface area contributed by atoms with Gasteiger partial charge in [-0.2, -0.15) is 5.10 Å². The molecule has 1 amide bonds. The molecule has 0 aliphatic rings. The third-order valence-corrected chi connectivity index (χ3v) is 5.45. The van der Waals surface area contributed by atoms with Gasteiger partial charge in [-0.1, -0.05) is 17.7 Å². The number of ether oxygens (including phenoxy) is 1. The number of aromatic nitrogens is 2. The van der Waals surface area contributed by atoms with Crippen LogP contribution in [0.5, 0.6) is 5.75 Å². The molecule has 3 N–H and O–H groups in total. The largest absolute Gasteiger partial charge is 0.486 e. The van der Waals surface area contributed by atoms with Crippen molar-refractivity contribution in [3.8, 4) is 5.75 Å². The Kier molecular flexibility index (Phi) is 6.40. The Labute approximate surface area is 177 Å². The first-order valence-electron chi connectivity index (χ1n) is 8.63. The summed E-state index contributed by atoms with van der Waals surface area (Å²) in [6, 6.07) is 7.95. The molecule has 11 heteroatoms. The van der Waals surface area contributed by atoms with E-state index >= 15 is 0 Å². The molecule has 2 aromatic carbocycles. The number of rotatable bonds is 7. The molecule has 158 valence electrons. The number of nitrogens with two attached hydrogens (primary N) is 1. The molecule has 0 aliphatic heterocycles. The quantitative estimate of drug-likeness (QED) is 0.571. The Morgan fingerprint density at radius 1 is 1.27 bits per heavy atom. The van der Waals surface area contributed by atoms with Crippen LogP contribution in [0.3, 0.4) is 0 Å². The predicted molar refractivity (Wildman–Crippen MR) is 109 cm³/mol. The van der Waals surface area contributed by atoms with Crippen LogP contribution in [0, 0.1) is 5.82 Å². The fraction of sp³-hybridized carbons (Fsp3) is 0.158. The maximum Gasteiger partial charge on any atom is 0.238 e. The fourth-order valence-corrected chi connectivity index (χ4v) is 3.68. The van der Waals surface area contributed by atoms with Crippen molar-refractivity contribution >= 4 is 33.2 Å². The molecular formula is C19H18ClFN4O4S. The highest BCUT2D eigenvalue weighted by Gasteiger charge is 2.17. The molecule has 1 aromatic heterocycles. The highest BCUT2D eigenvalue weighted by Crippen LogP contribution is 2.23. The zero-order valence-electron chi connectivity index (χ0n) is 15.8. The molecule has 0 spiro atoms. The molecule has 0 saturated heterocycles. The molecule has 0 radical (unpaired) electrons. The lowest BCUT2D eigenvalue weighted by Gasteiger charge is -2.12. The van der Waals surface area contributed by atoms with Crippen LogP contribution in [0.4, 0.5) is 10.1 Å². The van der Waals surface area contributed by atoms with E-state index in [0.29, 0.717) is 16.9 Å². The van der Waals surface area contributed by atoms with Crippen molar-refractivity contribution in [3.05, 3.63) is 70.8 Å². The third kappa shape index (κ3) is 5.56. The van der Waals surface area contributed by atoms with Crippen LogP contribution in [0.25, 0.3) is 0 Å². The molecule has 0 bridgehead atoms. The van der Waals surface area contributed by atoms with E-state index < -0.39 is 21.7 Å². The van der Waals surface area contributed by atoms with Crippen molar-refractivity contribution in [2.75, 3.05) is 5.32 Å². The highest BCUT2D eigenvalue weighted by atomic mass is 35.5. The number of amides is 1. The molecule has 30 heavy (non-hydrogen) atoms. The number of hydrogen-bond donors (Lipinski definition) is 2. The number of benzene rings is 2. The standard InChI is InChI=1S/C19H18ClFN4O4S/c1-25-10-16(9-23-25)29-11-12-2-4-15(8-18(12)30(22,27)28)24-19(26)7-13-6-14(21)3-5-17(13)20/h2-6,8-10H,7,11H2,1H3,(H,24,26)(H2,22,27,28). The SMILES string of the molecule is Cn1cc(OCc2ccc(NC(=O)Cc3cc(F)ccc3Cl)cc2S(N)(=O)=O)cn1. The maximum atomic E-state index is 13.4. The number of hydrogen-bond acceptors (Lipinski definition) is 5. The van der Waals surface area contributed by atoms with Crippen molar-refractivity contribution in [2.24, 2.45) is 12.2 Å². The molecule has 1 heterocycles. The molecule has 0 saturated carbocycles. The number of nitrogens with zero attached hydrogens (tertiary/aromatic N) is 2. The summed E-state index contributed by atoms with van der Waals surface area (Å²) in [6.07, 6.45) is 2.93. The Bertz CT molecular complexity index is 1200. The van der Waals surface area contributed by atoms with Crippen molar-refractivity contribution in [1.29, 1.82) is 0 Å². The predicted octanol–water partition coefficient (Wildman–Crippen LogP) is 2.62. The summed E-state index contributed by atoms with van der Waals surface area (Å²) in [4.78, 5) is 12.1. The first-order chi connectivity index (χ1) is 14.1. The number of anilines is 1. The van der Waals surface area contributed by atoms with Crippen LogP contribution < -0.4 is 15.2 Å². The van der Waals surface area contributed by atoms with Gasteiger partial charge in [-0.05, 0) is 35.9 Å². The second-order valence-electron chi connectivity index (χ2n) is 6.47. The first-order valence-corrected chi connectivity index (χ1v) is 10.6. The third-order valence-electron chi connectivity index (χ3n) is 4.09. The van der Waals surface area contributed by atoms with Gasteiger partial charge >= 0.3 is 0 Å². The lowest BCUT2D eigenvalue weighted by atomic mass is 10.1. The van der Waals surface area contributed by atoms with Crippen molar-refractivity contribution in [3.63, 3.8) is 0 Å². The first kappa shape index (κ1) is 21.8. The molecule has 0 unspecified atom stereocenters. The van der Waals surface area contributed by atoms with E-state index in [1.807, 2.05) is 0 Å². The Hall–Kier alpha value is -2.95. The topological polar surface area (TPSA) is 116 Å². The number of sulfonamides is 1. The summed E-state index contributed by atoms with van der Waals surface area (Å²) in [5.41, 5.74) is 0.830. The molecular weight excluding hydrogens is 435 g/mol. The summed E-state index contributed by atoms with van der Waals surface area (Å²) < 4.78 is 44.5. The average molecular weight is 453 g/mol. The van der Waals surface area contributed by atoms with Gasteiger partial charge in [-0.15, -0.1) is 0 Å². The monoisotopic (exact) mass is 452 g/mol. The van der Waals surface area contributed by atoms with E-state index in [0.717, 1.165) is 6.07 Å². The van der Waals surface area contributed by atoms with Gasteiger partial charge < -0.3 is 10.1 Å². The number of nitrogens with one attached hydrogen (secondary N) is 1. The highest BCUT2D eigenvalue weighted by molar-refractivity contribution is 7.89. The molecule has 0 aliphatic carbocycles. The molecule has 8 nitrogen and oxygen atoms in total.